The number of hydrogen-bond donors (Lipinski definition) is 0. The lowest BCUT2D eigenvalue weighted by Gasteiger charge is -1.96. The molecule has 0 aromatic heterocycles. The molecule has 0 heterocycles. The van der Waals surface area contributed by atoms with E-state index in [1.165, 1.54) is 6.92 Å². The Morgan fingerprint density at radius 3 is 2.22 bits per heavy atom. The van der Waals surface area contributed by atoms with Crippen molar-refractivity contribution in [2.45, 2.75) is 12.3 Å². The summed E-state index contributed by atoms with van der Waals surface area (Å²) in [5.74, 6) is 0. The molecule has 0 saturated heterocycles. The lowest BCUT2D eigenvalue weighted by atomic mass is 10.8. The van der Waals surface area contributed by atoms with Crippen LogP contribution in [0, 0.1) is 0 Å². The normalized spacial score (nSPS) is 14.0. The van der Waals surface area contributed by atoms with Crippen molar-refractivity contribution in [3.05, 3.63) is 10.4 Å². The number of hydrogen-bond acceptors (Lipinski definition) is 3. The van der Waals surface area contributed by atoms with E-state index < -0.39 is 15.2 Å². The van der Waals surface area contributed by atoms with Crippen LogP contribution in [0.3, 0.4) is 0 Å². The Kier molecular flexibility index (Phi) is 2.48. The zero-order valence-corrected chi connectivity index (χ0v) is 5.96. The van der Waals surface area contributed by atoms with Crippen molar-refractivity contribution in [2.24, 2.45) is 5.11 Å². The Morgan fingerprint density at radius 2 is 2.11 bits per heavy atom. The van der Waals surface area contributed by atoms with Gasteiger partial charge in [0.2, 0.25) is 0 Å². The van der Waals surface area contributed by atoms with Gasteiger partial charge in [-0.2, -0.15) is 0 Å². The predicted octanol–water partition coefficient (Wildman–Crippen LogP) is 0.687. The highest BCUT2D eigenvalue weighted by molar-refractivity contribution is 7.91. The van der Waals surface area contributed by atoms with E-state index in [-0.39, 0.29) is 0 Å². The molecule has 0 aliphatic heterocycles. The van der Waals surface area contributed by atoms with Gasteiger partial charge in [0.25, 0.3) is 0 Å². The van der Waals surface area contributed by atoms with Gasteiger partial charge in [-0.25, -0.2) is 8.42 Å². The third-order valence-electron chi connectivity index (χ3n) is 0.834. The fraction of sp³-hybridized carbons (Fsp3) is 1.00. The van der Waals surface area contributed by atoms with Crippen molar-refractivity contribution in [1.29, 1.82) is 0 Å². The average Bonchev–Trinajstić information content (AvgIpc) is 1.64. The number of rotatable bonds is 2. The Bertz CT molecular complexity index is 225. The lowest BCUT2D eigenvalue weighted by molar-refractivity contribution is 0.591. The summed E-state index contributed by atoms with van der Waals surface area (Å²) in [4.78, 5) is 2.35. The van der Waals surface area contributed by atoms with E-state index in [2.05, 4.69) is 10.0 Å². The summed E-state index contributed by atoms with van der Waals surface area (Å²) in [5.41, 5.74) is 7.79. The number of azide groups is 1. The highest BCUT2D eigenvalue weighted by atomic mass is 32.2. The monoisotopic (exact) mass is 149 g/mol. The molecule has 0 aliphatic carbocycles. The van der Waals surface area contributed by atoms with Crippen molar-refractivity contribution in [1.82, 2.24) is 0 Å². The molecule has 0 amide bonds. The van der Waals surface area contributed by atoms with Crippen LogP contribution in [0.25, 0.3) is 10.4 Å². The molecule has 0 fully saturated rings. The molecular formula is C3H7N3O2S. The SMILES string of the molecule is CC(N=[N+]=[N-])S(C)(=O)=O. The predicted molar refractivity (Wildman–Crippen MR) is 33.5 cm³/mol. The Hall–Kier alpha value is -0.740. The van der Waals surface area contributed by atoms with Crippen molar-refractivity contribution in [3.8, 4) is 0 Å². The minimum atomic E-state index is -3.19. The van der Waals surface area contributed by atoms with Crippen LogP contribution in [0.4, 0.5) is 0 Å². The second-order valence-corrected chi connectivity index (χ2v) is 3.98. The van der Waals surface area contributed by atoms with Gasteiger partial charge < -0.3 is 0 Å². The molecule has 1 unspecified atom stereocenters. The van der Waals surface area contributed by atoms with Crippen LogP contribution in [0.5, 0.6) is 0 Å². The van der Waals surface area contributed by atoms with Gasteiger partial charge in [-0.3, -0.25) is 0 Å². The third kappa shape index (κ3) is 2.94. The molecular weight excluding hydrogens is 142 g/mol. The zero-order chi connectivity index (χ0) is 7.49. The first-order valence-corrected chi connectivity index (χ1v) is 4.17. The van der Waals surface area contributed by atoms with E-state index in [4.69, 9.17) is 5.53 Å². The van der Waals surface area contributed by atoms with Crippen LogP contribution in [-0.4, -0.2) is 20.0 Å². The summed E-state index contributed by atoms with van der Waals surface area (Å²) >= 11 is 0. The lowest BCUT2D eigenvalue weighted by Crippen LogP contribution is -2.11. The minimum Gasteiger partial charge on any atom is -0.229 e. The molecule has 0 rings (SSSR count). The van der Waals surface area contributed by atoms with E-state index in [1.54, 1.807) is 0 Å². The largest absolute Gasteiger partial charge is 0.229 e. The van der Waals surface area contributed by atoms with Gasteiger partial charge in [-0.1, -0.05) is 5.11 Å². The van der Waals surface area contributed by atoms with Crippen LogP contribution in [0.2, 0.25) is 0 Å². The Labute approximate surface area is 53.2 Å². The van der Waals surface area contributed by atoms with Crippen LogP contribution < -0.4 is 0 Å². The summed E-state index contributed by atoms with van der Waals surface area (Å²) in [6.45, 7) is 1.33. The van der Waals surface area contributed by atoms with Crippen molar-refractivity contribution < 1.29 is 8.42 Å². The van der Waals surface area contributed by atoms with Crippen LogP contribution in [0.1, 0.15) is 6.92 Å². The summed E-state index contributed by atoms with van der Waals surface area (Å²) in [6.07, 6.45) is 1.02. The van der Waals surface area contributed by atoms with Gasteiger partial charge in [0.05, 0.1) is 0 Å². The molecule has 1 atom stereocenters. The number of sulfone groups is 1. The minimum absolute atomic E-state index is 0.956. The van der Waals surface area contributed by atoms with Crippen LogP contribution in [-0.2, 0) is 9.84 Å². The molecule has 0 bridgehead atoms. The van der Waals surface area contributed by atoms with Gasteiger partial charge >= 0.3 is 0 Å². The first-order valence-electron chi connectivity index (χ1n) is 2.21. The third-order valence-corrected chi connectivity index (χ3v) is 2.17. The molecule has 0 aliphatic rings. The van der Waals surface area contributed by atoms with Gasteiger partial charge in [0.1, 0.15) is 5.37 Å². The summed E-state index contributed by atoms with van der Waals surface area (Å²) < 4.78 is 20.9. The van der Waals surface area contributed by atoms with Crippen LogP contribution >= 0.6 is 0 Å². The maximum atomic E-state index is 10.5. The molecule has 0 aromatic rings. The van der Waals surface area contributed by atoms with E-state index in [9.17, 15) is 8.42 Å². The number of nitrogens with zero attached hydrogens (tertiary/aromatic N) is 3. The molecule has 0 N–H and O–H groups in total. The first kappa shape index (κ1) is 8.26. The second-order valence-electron chi connectivity index (χ2n) is 1.63. The molecule has 0 radical (unpaired) electrons. The molecule has 0 saturated carbocycles. The maximum absolute atomic E-state index is 10.5. The molecule has 6 heteroatoms. The quantitative estimate of drug-likeness (QED) is 0.328. The van der Waals surface area contributed by atoms with E-state index in [0.717, 1.165) is 6.26 Å². The van der Waals surface area contributed by atoms with E-state index in [1.807, 2.05) is 0 Å². The highest BCUT2D eigenvalue weighted by Crippen LogP contribution is 1.97. The van der Waals surface area contributed by atoms with Crippen molar-refractivity contribution >= 4 is 9.84 Å². The Balaban J connectivity index is 4.42. The molecule has 52 valence electrons. The smallest absolute Gasteiger partial charge is 0.155 e. The molecule has 9 heavy (non-hydrogen) atoms. The van der Waals surface area contributed by atoms with E-state index in [0.29, 0.717) is 0 Å². The highest BCUT2D eigenvalue weighted by Gasteiger charge is 2.10. The average molecular weight is 149 g/mol. The fourth-order valence-electron chi connectivity index (χ4n) is 0.158. The maximum Gasteiger partial charge on any atom is 0.155 e. The van der Waals surface area contributed by atoms with Gasteiger partial charge in [-0.15, -0.1) is 0 Å². The molecule has 0 spiro atoms. The van der Waals surface area contributed by atoms with Crippen molar-refractivity contribution in [3.63, 3.8) is 0 Å². The summed E-state index contributed by atoms with van der Waals surface area (Å²) in [6, 6.07) is 0. The molecule has 5 nitrogen and oxygen atoms in total. The van der Waals surface area contributed by atoms with Gasteiger partial charge in [-0.05, 0) is 12.5 Å². The summed E-state index contributed by atoms with van der Waals surface area (Å²) in [7, 11) is -3.19. The second kappa shape index (κ2) is 2.70. The van der Waals surface area contributed by atoms with E-state index >= 15 is 0 Å². The zero-order valence-electron chi connectivity index (χ0n) is 5.14. The first-order chi connectivity index (χ1) is 3.98. The topological polar surface area (TPSA) is 82.9 Å². The van der Waals surface area contributed by atoms with Crippen LogP contribution in [0.15, 0.2) is 5.11 Å². The van der Waals surface area contributed by atoms with Gasteiger partial charge in [0, 0.05) is 11.2 Å². The Morgan fingerprint density at radius 1 is 1.67 bits per heavy atom. The summed E-state index contributed by atoms with van der Waals surface area (Å²) in [5, 5.41) is 2.03. The molecule has 0 aromatic carbocycles. The fourth-order valence-corrected chi connectivity index (χ4v) is 0.372. The standard InChI is InChI=1S/C3H7N3O2S/c1-3(5-6-4)9(2,7)8/h3H,1-2H3. The van der Waals surface area contributed by atoms with Gasteiger partial charge in [0.15, 0.2) is 9.84 Å². The van der Waals surface area contributed by atoms with Crippen molar-refractivity contribution in [2.75, 3.05) is 6.26 Å².